The molecule has 0 saturated carbocycles. The van der Waals surface area contributed by atoms with Crippen molar-refractivity contribution in [1.82, 2.24) is 30.7 Å². The fourth-order valence-corrected chi connectivity index (χ4v) is 5.57. The van der Waals surface area contributed by atoms with Gasteiger partial charge in [-0.05, 0) is 23.6 Å². The maximum atomic E-state index is 13.7. The van der Waals surface area contributed by atoms with E-state index < -0.39 is 47.9 Å². The summed E-state index contributed by atoms with van der Waals surface area (Å²) in [6.07, 6.45) is -1.66. The number of nitrogens with zero attached hydrogens (tertiary/aromatic N) is 2. The Hall–Kier alpha value is -4.71. The minimum absolute atomic E-state index is 0.00443. The molecular weight excluding hydrogens is 564 g/mol. The number of rotatable bonds is 4. The van der Waals surface area contributed by atoms with Crippen molar-refractivity contribution in [1.29, 1.82) is 0 Å². The van der Waals surface area contributed by atoms with Crippen molar-refractivity contribution in [3.8, 4) is 0 Å². The minimum atomic E-state index is -1.11. The second-order valence-corrected chi connectivity index (χ2v) is 11.7. The number of aromatic amines is 1. The molecule has 4 atom stereocenters. The lowest BCUT2D eigenvalue weighted by molar-refractivity contribution is -0.148. The van der Waals surface area contributed by atoms with E-state index in [-0.39, 0.29) is 44.4 Å². The quantitative estimate of drug-likeness (QED) is 0.347. The number of carbonyl (C=O) groups excluding carboxylic acids is 5. The number of morpholine rings is 1. The average Bonchev–Trinajstić information content (AvgIpc) is 3.45. The molecule has 3 heterocycles. The summed E-state index contributed by atoms with van der Waals surface area (Å²) in [4.78, 5) is 73.0. The Balaban J connectivity index is 1.45. The molecule has 0 aliphatic carbocycles. The van der Waals surface area contributed by atoms with Gasteiger partial charge in [0.15, 0.2) is 6.10 Å². The predicted octanol–water partition coefficient (Wildman–Crippen LogP) is 0.834. The van der Waals surface area contributed by atoms with Crippen LogP contribution in [0.25, 0.3) is 10.9 Å². The fourth-order valence-electron chi connectivity index (χ4n) is 5.57. The minimum Gasteiger partial charge on any atom is -0.360 e. The number of H-pyrrole nitrogens is 1. The molecule has 0 radical (unpaired) electrons. The van der Waals surface area contributed by atoms with Crippen LogP contribution in [0.15, 0.2) is 60.7 Å². The smallest absolute Gasteiger partial charge is 0.270 e. The number of nitrogens with one attached hydrogen (secondary N) is 4. The molecule has 2 aliphatic heterocycles. The third-order valence-corrected chi connectivity index (χ3v) is 7.93. The highest BCUT2D eigenvalue weighted by atomic mass is 16.5. The summed E-state index contributed by atoms with van der Waals surface area (Å²) in [6.45, 7) is 3.38. The molecule has 2 aliphatic rings. The van der Waals surface area contributed by atoms with E-state index >= 15 is 0 Å². The highest BCUT2D eigenvalue weighted by Gasteiger charge is 2.38. The topological polar surface area (TPSA) is 153 Å². The van der Waals surface area contributed by atoms with Crippen molar-refractivity contribution in [3.63, 3.8) is 0 Å². The van der Waals surface area contributed by atoms with Crippen LogP contribution in [0.1, 0.15) is 29.9 Å². The molecule has 0 spiro atoms. The van der Waals surface area contributed by atoms with Crippen molar-refractivity contribution in [3.05, 3.63) is 71.9 Å². The SMILES string of the molecule is CC(C)[C@@H]1NC(=O)CN(C)C(=O)[C@@H](Cc2ccccc2)NC(=O)[C@H]2CN(C(=O)c3cc4ccccc4[nH]3)C[C@H](CNC1=O)O2. The summed E-state index contributed by atoms with van der Waals surface area (Å²) in [5.41, 5.74) is 1.98. The number of ether oxygens (including phenoxy) is 1. The molecule has 4 N–H and O–H groups in total. The van der Waals surface area contributed by atoms with Gasteiger partial charge in [0.05, 0.1) is 19.2 Å². The van der Waals surface area contributed by atoms with E-state index in [1.165, 1.54) is 16.8 Å². The molecule has 2 saturated heterocycles. The van der Waals surface area contributed by atoms with Crippen molar-refractivity contribution in [2.24, 2.45) is 5.92 Å². The summed E-state index contributed by atoms with van der Waals surface area (Å²) in [5.74, 6) is -2.54. The zero-order valence-corrected chi connectivity index (χ0v) is 25.0. The van der Waals surface area contributed by atoms with Crippen LogP contribution in [0, 0.1) is 5.92 Å². The lowest BCUT2D eigenvalue weighted by Gasteiger charge is -2.38. The third kappa shape index (κ3) is 7.08. The van der Waals surface area contributed by atoms with Crippen molar-refractivity contribution in [2.45, 2.75) is 44.6 Å². The Kier molecular flexibility index (Phi) is 9.29. The van der Waals surface area contributed by atoms with Crippen molar-refractivity contribution < 1.29 is 28.7 Å². The molecule has 2 fully saturated rings. The second kappa shape index (κ2) is 13.3. The maximum Gasteiger partial charge on any atom is 0.270 e. The van der Waals surface area contributed by atoms with Gasteiger partial charge in [-0.2, -0.15) is 0 Å². The van der Waals surface area contributed by atoms with Gasteiger partial charge in [0.2, 0.25) is 17.7 Å². The standard InChI is InChI=1S/C32H38N6O6/c1-19(2)28-30(41)33-15-22-16-38(32(43)25-14-21-11-7-8-12-23(21)34-25)17-26(44-22)29(40)35-24(13-20-9-5-4-6-10-20)31(42)37(3)18-27(39)36-28/h4-12,14,19,22,24,26,28,34H,13,15-18H2,1-3H3,(H,33,41)(H,35,40)(H,36,39)/t22-,24+,26+,28-/m0/s1. The van der Waals surface area contributed by atoms with Gasteiger partial charge in [-0.3, -0.25) is 24.0 Å². The lowest BCUT2D eigenvalue weighted by atomic mass is 10.0. The van der Waals surface area contributed by atoms with Crippen LogP contribution in [-0.4, -0.2) is 102 Å². The Morgan fingerprint density at radius 3 is 2.41 bits per heavy atom. The normalized spacial score (nSPS) is 23.9. The van der Waals surface area contributed by atoms with E-state index in [1.54, 1.807) is 19.9 Å². The van der Waals surface area contributed by atoms with Gasteiger partial charge in [-0.25, -0.2) is 0 Å². The number of carbonyl (C=O) groups is 5. The van der Waals surface area contributed by atoms with Crippen LogP contribution < -0.4 is 16.0 Å². The summed E-state index contributed by atoms with van der Waals surface area (Å²) >= 11 is 0. The number of hydrogen-bond donors (Lipinski definition) is 4. The molecule has 2 aromatic carbocycles. The van der Waals surface area contributed by atoms with E-state index in [1.807, 2.05) is 54.6 Å². The first-order valence-corrected chi connectivity index (χ1v) is 14.8. The summed E-state index contributed by atoms with van der Waals surface area (Å²) < 4.78 is 6.13. The molecule has 0 unspecified atom stereocenters. The van der Waals surface area contributed by atoms with Gasteiger partial charge in [0.25, 0.3) is 11.8 Å². The zero-order valence-electron chi connectivity index (χ0n) is 25.0. The molecule has 5 rings (SSSR count). The number of para-hydroxylation sites is 1. The van der Waals surface area contributed by atoms with Gasteiger partial charge >= 0.3 is 0 Å². The van der Waals surface area contributed by atoms with Gasteiger partial charge in [-0.1, -0.05) is 62.4 Å². The highest BCUT2D eigenvalue weighted by Crippen LogP contribution is 2.20. The average molecular weight is 603 g/mol. The molecule has 5 amide bonds. The van der Waals surface area contributed by atoms with E-state index in [9.17, 15) is 24.0 Å². The molecule has 44 heavy (non-hydrogen) atoms. The number of amides is 5. The zero-order chi connectivity index (χ0) is 31.4. The first kappa shape index (κ1) is 30.7. The van der Waals surface area contributed by atoms with Gasteiger partial charge in [0.1, 0.15) is 17.8 Å². The molecule has 232 valence electrons. The largest absolute Gasteiger partial charge is 0.360 e. The van der Waals surface area contributed by atoms with Crippen LogP contribution in [0.2, 0.25) is 0 Å². The highest BCUT2D eigenvalue weighted by molar-refractivity contribution is 5.99. The number of likely N-dealkylation sites (N-methyl/N-ethyl adjacent to an activating group) is 1. The van der Waals surface area contributed by atoms with Crippen molar-refractivity contribution >= 4 is 40.4 Å². The van der Waals surface area contributed by atoms with E-state index in [2.05, 4.69) is 20.9 Å². The Morgan fingerprint density at radius 2 is 1.68 bits per heavy atom. The Bertz CT molecular complexity index is 1510. The summed E-state index contributed by atoms with van der Waals surface area (Å²) in [7, 11) is 1.47. The van der Waals surface area contributed by atoms with Crippen LogP contribution in [0.3, 0.4) is 0 Å². The summed E-state index contributed by atoms with van der Waals surface area (Å²) in [5, 5.41) is 9.25. The Labute approximate surface area is 255 Å². The monoisotopic (exact) mass is 602 g/mol. The van der Waals surface area contributed by atoms with Crippen molar-refractivity contribution in [2.75, 3.05) is 33.2 Å². The van der Waals surface area contributed by atoms with Crippen LogP contribution in [0.5, 0.6) is 0 Å². The Morgan fingerprint density at radius 1 is 0.955 bits per heavy atom. The van der Waals surface area contributed by atoms with E-state index in [4.69, 9.17) is 4.74 Å². The van der Waals surface area contributed by atoms with Gasteiger partial charge in [0, 0.05) is 37.5 Å². The van der Waals surface area contributed by atoms with Gasteiger partial charge < -0.3 is 35.5 Å². The van der Waals surface area contributed by atoms with E-state index in [0.717, 1.165) is 16.5 Å². The molecular formula is C32H38N6O6. The van der Waals surface area contributed by atoms with Crippen LogP contribution in [0.4, 0.5) is 0 Å². The number of fused-ring (bicyclic) bond motifs is 3. The molecule has 1 aromatic heterocycles. The number of benzene rings is 2. The van der Waals surface area contributed by atoms with E-state index in [0.29, 0.717) is 5.69 Å². The summed E-state index contributed by atoms with van der Waals surface area (Å²) in [6, 6.07) is 16.6. The molecule has 3 aromatic rings. The maximum absolute atomic E-state index is 13.7. The van der Waals surface area contributed by atoms with Crippen LogP contribution in [-0.2, 0) is 30.3 Å². The molecule has 12 nitrogen and oxygen atoms in total. The number of aromatic nitrogens is 1. The van der Waals surface area contributed by atoms with Crippen LogP contribution >= 0.6 is 0 Å². The molecule has 2 bridgehead atoms. The lowest BCUT2D eigenvalue weighted by Crippen LogP contribution is -2.59. The fraction of sp³-hybridized carbons (Fsp3) is 0.406. The third-order valence-electron chi connectivity index (χ3n) is 7.93. The second-order valence-electron chi connectivity index (χ2n) is 11.7. The predicted molar refractivity (Wildman–Crippen MR) is 162 cm³/mol. The first-order chi connectivity index (χ1) is 21.1. The molecule has 12 heteroatoms. The first-order valence-electron chi connectivity index (χ1n) is 14.8. The van der Waals surface area contributed by atoms with Gasteiger partial charge in [-0.15, -0.1) is 0 Å². The number of hydrogen-bond acceptors (Lipinski definition) is 6.